The normalized spacial score (nSPS) is 10.6. The average Bonchev–Trinajstić information content (AvgIpc) is 2.96. The quantitative estimate of drug-likeness (QED) is 0.739. The Morgan fingerprint density at radius 3 is 2.08 bits per heavy atom. The highest BCUT2D eigenvalue weighted by Crippen LogP contribution is 2.36. The Hall–Kier alpha value is -2.50. The van der Waals surface area contributed by atoms with Crippen LogP contribution in [0.2, 0.25) is 10.0 Å². The highest BCUT2D eigenvalue weighted by molar-refractivity contribution is 6.30. The first-order chi connectivity index (χ1) is 11.5. The predicted octanol–water partition coefficient (Wildman–Crippen LogP) is 4.55. The summed E-state index contributed by atoms with van der Waals surface area (Å²) in [6.45, 7) is 0. The molecule has 0 saturated carbocycles. The number of hydrogen-bond acceptors (Lipinski definition) is 3. The molecule has 24 heavy (non-hydrogen) atoms. The minimum absolute atomic E-state index is 0.169. The molecule has 0 atom stereocenters. The molecule has 0 spiro atoms. The molecule has 0 aliphatic heterocycles. The molecule has 7 heteroatoms. The molecular formula is C17H12Cl2N2O3. The lowest BCUT2D eigenvalue weighted by Crippen LogP contribution is -2.02. The number of methoxy groups -OCH3 is 1. The van der Waals surface area contributed by atoms with Crippen LogP contribution in [0.15, 0.2) is 48.5 Å². The maximum absolute atomic E-state index is 11.5. The van der Waals surface area contributed by atoms with E-state index in [1.807, 2.05) is 0 Å². The summed E-state index contributed by atoms with van der Waals surface area (Å²) in [5.41, 5.74) is 1.74. The van der Waals surface area contributed by atoms with Gasteiger partial charge in [0.15, 0.2) is 5.75 Å². The van der Waals surface area contributed by atoms with Crippen LogP contribution in [-0.4, -0.2) is 28.0 Å². The number of aromatic nitrogens is 2. The Balaban J connectivity index is 2.29. The van der Waals surface area contributed by atoms with Gasteiger partial charge < -0.3 is 9.84 Å². The van der Waals surface area contributed by atoms with Gasteiger partial charge in [0, 0.05) is 15.6 Å². The summed E-state index contributed by atoms with van der Waals surface area (Å²) in [5, 5.41) is 14.8. The molecule has 3 aromatic rings. The molecular weight excluding hydrogens is 351 g/mol. The third kappa shape index (κ3) is 2.96. The van der Waals surface area contributed by atoms with Crippen molar-refractivity contribution in [3.05, 3.63) is 64.3 Å². The number of nitrogens with zero attached hydrogens (tertiary/aromatic N) is 2. The Bertz CT molecular complexity index is 887. The lowest BCUT2D eigenvalue weighted by molar-refractivity contribution is 0.0686. The van der Waals surface area contributed by atoms with E-state index in [9.17, 15) is 9.90 Å². The number of rotatable bonds is 4. The van der Waals surface area contributed by atoms with Gasteiger partial charge in [-0.2, -0.15) is 5.10 Å². The van der Waals surface area contributed by atoms with Gasteiger partial charge in [-0.1, -0.05) is 35.3 Å². The van der Waals surface area contributed by atoms with Crippen molar-refractivity contribution in [1.29, 1.82) is 0 Å². The van der Waals surface area contributed by atoms with Crippen LogP contribution in [0, 0.1) is 0 Å². The van der Waals surface area contributed by atoms with Crippen LogP contribution >= 0.6 is 23.2 Å². The molecule has 5 nitrogen and oxygen atoms in total. The Morgan fingerprint density at radius 2 is 1.58 bits per heavy atom. The Labute approximate surface area is 148 Å². The molecule has 0 aliphatic rings. The summed E-state index contributed by atoms with van der Waals surface area (Å²) in [4.78, 5) is 11.5. The minimum atomic E-state index is -1.17. The fraction of sp³-hybridized carbons (Fsp3) is 0.0588. The SMILES string of the molecule is COc1c(C(=O)O)nn(-c2ccc(Cl)cc2)c1-c1ccc(Cl)cc1. The van der Waals surface area contributed by atoms with E-state index in [1.165, 1.54) is 11.8 Å². The molecule has 2 aromatic carbocycles. The molecule has 0 amide bonds. The standard InChI is InChI=1S/C17H12Cl2N2O3/c1-24-16-14(17(22)23)20-21(13-8-6-12(19)7-9-13)15(16)10-2-4-11(18)5-3-10/h2-9H,1H3,(H,22,23). The van der Waals surface area contributed by atoms with Crippen LogP contribution < -0.4 is 4.74 Å². The van der Waals surface area contributed by atoms with E-state index in [0.717, 1.165) is 5.56 Å². The lowest BCUT2D eigenvalue weighted by Gasteiger charge is -2.09. The molecule has 3 rings (SSSR count). The smallest absolute Gasteiger partial charge is 0.360 e. The molecule has 0 unspecified atom stereocenters. The Morgan fingerprint density at radius 1 is 1.04 bits per heavy atom. The van der Waals surface area contributed by atoms with Gasteiger partial charge in [0.1, 0.15) is 5.69 Å². The maximum Gasteiger partial charge on any atom is 0.360 e. The van der Waals surface area contributed by atoms with E-state index in [-0.39, 0.29) is 11.4 Å². The number of carboxylic acids is 1. The van der Waals surface area contributed by atoms with Gasteiger partial charge in [0.25, 0.3) is 0 Å². The second-order valence-corrected chi connectivity index (χ2v) is 5.80. The Kier molecular flexibility index (Phi) is 4.46. The molecule has 0 radical (unpaired) electrons. The van der Waals surface area contributed by atoms with Crippen LogP contribution in [0.1, 0.15) is 10.5 Å². The zero-order chi connectivity index (χ0) is 17.3. The second kappa shape index (κ2) is 6.55. The second-order valence-electron chi connectivity index (χ2n) is 4.93. The monoisotopic (exact) mass is 362 g/mol. The molecule has 0 aliphatic carbocycles. The number of carbonyl (C=O) groups is 1. The first kappa shape index (κ1) is 16.4. The van der Waals surface area contributed by atoms with Gasteiger partial charge >= 0.3 is 5.97 Å². The van der Waals surface area contributed by atoms with Crippen LogP contribution in [0.5, 0.6) is 5.75 Å². The van der Waals surface area contributed by atoms with Crippen LogP contribution in [0.3, 0.4) is 0 Å². The molecule has 0 saturated heterocycles. The van der Waals surface area contributed by atoms with Gasteiger partial charge in [-0.05, 0) is 36.4 Å². The third-order valence-electron chi connectivity index (χ3n) is 3.44. The molecule has 1 aromatic heterocycles. The first-order valence-corrected chi connectivity index (χ1v) is 7.69. The predicted molar refractivity (Wildman–Crippen MR) is 92.5 cm³/mol. The summed E-state index contributed by atoms with van der Waals surface area (Å²) in [6.07, 6.45) is 0. The van der Waals surface area contributed by atoms with Crippen LogP contribution in [-0.2, 0) is 0 Å². The van der Waals surface area contributed by atoms with Crippen molar-refractivity contribution in [2.75, 3.05) is 7.11 Å². The lowest BCUT2D eigenvalue weighted by atomic mass is 10.1. The van der Waals surface area contributed by atoms with E-state index in [2.05, 4.69) is 5.10 Å². The zero-order valence-corrected chi connectivity index (χ0v) is 14.0. The number of aromatic carboxylic acids is 1. The van der Waals surface area contributed by atoms with Gasteiger partial charge in [0.05, 0.1) is 12.8 Å². The number of carboxylic acid groups (broad SMARTS) is 1. The van der Waals surface area contributed by atoms with Gasteiger partial charge in [-0.15, -0.1) is 0 Å². The summed E-state index contributed by atoms with van der Waals surface area (Å²) >= 11 is 11.9. The van der Waals surface area contributed by atoms with Crippen molar-refractivity contribution < 1.29 is 14.6 Å². The van der Waals surface area contributed by atoms with Crippen molar-refractivity contribution in [3.63, 3.8) is 0 Å². The van der Waals surface area contributed by atoms with Crippen molar-refractivity contribution in [1.82, 2.24) is 9.78 Å². The van der Waals surface area contributed by atoms with Crippen molar-refractivity contribution in [2.24, 2.45) is 0 Å². The molecule has 0 fully saturated rings. The van der Waals surface area contributed by atoms with E-state index < -0.39 is 5.97 Å². The average molecular weight is 363 g/mol. The molecule has 1 heterocycles. The molecule has 122 valence electrons. The van der Waals surface area contributed by atoms with Crippen molar-refractivity contribution in [3.8, 4) is 22.7 Å². The first-order valence-electron chi connectivity index (χ1n) is 6.93. The summed E-state index contributed by atoms with van der Waals surface area (Å²) in [7, 11) is 1.41. The summed E-state index contributed by atoms with van der Waals surface area (Å²) < 4.78 is 6.84. The topological polar surface area (TPSA) is 64.3 Å². The van der Waals surface area contributed by atoms with Crippen LogP contribution in [0.25, 0.3) is 16.9 Å². The number of benzene rings is 2. The van der Waals surface area contributed by atoms with E-state index in [0.29, 0.717) is 21.4 Å². The van der Waals surface area contributed by atoms with Crippen molar-refractivity contribution >= 4 is 29.2 Å². The zero-order valence-electron chi connectivity index (χ0n) is 12.5. The fourth-order valence-corrected chi connectivity index (χ4v) is 2.62. The highest BCUT2D eigenvalue weighted by atomic mass is 35.5. The molecule has 0 bridgehead atoms. The highest BCUT2D eigenvalue weighted by Gasteiger charge is 2.25. The van der Waals surface area contributed by atoms with E-state index >= 15 is 0 Å². The molecule has 1 N–H and O–H groups in total. The summed E-state index contributed by atoms with van der Waals surface area (Å²) in [6, 6.07) is 13.9. The number of halogens is 2. The van der Waals surface area contributed by atoms with Crippen LogP contribution in [0.4, 0.5) is 0 Å². The van der Waals surface area contributed by atoms with Gasteiger partial charge in [-0.3, -0.25) is 0 Å². The minimum Gasteiger partial charge on any atom is -0.492 e. The van der Waals surface area contributed by atoms with Gasteiger partial charge in [0.2, 0.25) is 5.69 Å². The van der Waals surface area contributed by atoms with E-state index in [4.69, 9.17) is 27.9 Å². The largest absolute Gasteiger partial charge is 0.492 e. The third-order valence-corrected chi connectivity index (χ3v) is 3.94. The maximum atomic E-state index is 11.5. The van der Waals surface area contributed by atoms with Gasteiger partial charge in [-0.25, -0.2) is 9.48 Å². The number of hydrogen-bond donors (Lipinski definition) is 1. The van der Waals surface area contributed by atoms with Crippen molar-refractivity contribution in [2.45, 2.75) is 0 Å². The van der Waals surface area contributed by atoms with E-state index in [1.54, 1.807) is 48.5 Å². The number of ether oxygens (including phenoxy) is 1. The summed E-state index contributed by atoms with van der Waals surface area (Å²) in [5.74, 6) is -0.991. The fourth-order valence-electron chi connectivity index (χ4n) is 2.37.